The number of amides is 1. The van der Waals surface area contributed by atoms with Crippen LogP contribution < -0.4 is 5.32 Å². The molecule has 1 rings (SSSR count). The number of rotatable bonds is 4. The van der Waals surface area contributed by atoms with E-state index in [0.717, 1.165) is 19.6 Å². The van der Waals surface area contributed by atoms with Gasteiger partial charge in [0.2, 0.25) is 5.91 Å². The Labute approximate surface area is 92.0 Å². The van der Waals surface area contributed by atoms with Crippen molar-refractivity contribution in [3.63, 3.8) is 0 Å². The first-order chi connectivity index (χ1) is 7.16. The molecule has 88 valence electrons. The zero-order valence-corrected chi connectivity index (χ0v) is 9.95. The van der Waals surface area contributed by atoms with Crippen LogP contribution in [-0.4, -0.2) is 49.7 Å². The number of nitrogens with one attached hydrogen (secondary N) is 1. The highest BCUT2D eigenvalue weighted by Gasteiger charge is 2.26. The van der Waals surface area contributed by atoms with E-state index >= 15 is 0 Å². The maximum absolute atomic E-state index is 12.0. The van der Waals surface area contributed by atoms with Gasteiger partial charge in [0.1, 0.15) is 0 Å². The van der Waals surface area contributed by atoms with Crippen molar-refractivity contribution in [1.82, 2.24) is 10.2 Å². The Kier molecular flexibility index (Phi) is 5.05. The largest absolute Gasteiger partial charge is 0.377 e. The van der Waals surface area contributed by atoms with Gasteiger partial charge in [-0.3, -0.25) is 4.79 Å². The van der Waals surface area contributed by atoms with E-state index in [1.165, 1.54) is 0 Å². The van der Waals surface area contributed by atoms with E-state index < -0.39 is 0 Å². The lowest BCUT2D eigenvalue weighted by Gasteiger charge is -2.35. The smallest absolute Gasteiger partial charge is 0.227 e. The molecule has 0 spiro atoms. The van der Waals surface area contributed by atoms with Crippen LogP contribution in [-0.2, 0) is 9.53 Å². The summed E-state index contributed by atoms with van der Waals surface area (Å²) in [6.07, 6.45) is 0. The average molecular weight is 214 g/mol. The maximum atomic E-state index is 12.0. The van der Waals surface area contributed by atoms with E-state index in [0.29, 0.717) is 13.2 Å². The average Bonchev–Trinajstić information content (AvgIpc) is 2.25. The highest BCUT2D eigenvalue weighted by atomic mass is 16.5. The molecule has 0 saturated carbocycles. The van der Waals surface area contributed by atoms with E-state index in [9.17, 15) is 4.79 Å². The molecule has 1 aliphatic rings. The van der Waals surface area contributed by atoms with Crippen LogP contribution in [0.1, 0.15) is 20.8 Å². The Hall–Kier alpha value is -0.610. The molecule has 2 atom stereocenters. The summed E-state index contributed by atoms with van der Waals surface area (Å²) in [6, 6.07) is 0.218. The summed E-state index contributed by atoms with van der Waals surface area (Å²) in [6.45, 7) is 9.81. The van der Waals surface area contributed by atoms with Gasteiger partial charge in [0.05, 0.1) is 19.3 Å². The lowest BCUT2D eigenvalue weighted by atomic mass is 10.1. The number of nitrogens with zero attached hydrogens (tertiary/aromatic N) is 1. The van der Waals surface area contributed by atoms with Crippen LogP contribution in [0.2, 0.25) is 0 Å². The summed E-state index contributed by atoms with van der Waals surface area (Å²) in [5.41, 5.74) is 0. The molecule has 0 bridgehead atoms. The van der Waals surface area contributed by atoms with Crippen molar-refractivity contribution < 1.29 is 9.53 Å². The van der Waals surface area contributed by atoms with Crippen LogP contribution in [0, 0.1) is 5.92 Å². The predicted octanol–water partition coefficient (Wildman–Crippen LogP) is 0.479. The molecular weight excluding hydrogens is 192 g/mol. The zero-order chi connectivity index (χ0) is 11.3. The second-order valence-corrected chi connectivity index (χ2v) is 4.16. The van der Waals surface area contributed by atoms with Gasteiger partial charge in [0, 0.05) is 19.0 Å². The van der Waals surface area contributed by atoms with Crippen molar-refractivity contribution in [3.8, 4) is 0 Å². The topological polar surface area (TPSA) is 41.6 Å². The summed E-state index contributed by atoms with van der Waals surface area (Å²) in [5, 5.41) is 3.20. The summed E-state index contributed by atoms with van der Waals surface area (Å²) in [5.74, 6) is 0.303. The molecule has 0 aromatic carbocycles. The van der Waals surface area contributed by atoms with Crippen molar-refractivity contribution in [2.45, 2.75) is 26.8 Å². The summed E-state index contributed by atoms with van der Waals surface area (Å²) in [4.78, 5) is 14.0. The van der Waals surface area contributed by atoms with Gasteiger partial charge in [-0.25, -0.2) is 0 Å². The molecule has 4 heteroatoms. The maximum Gasteiger partial charge on any atom is 0.227 e. The second-order valence-electron chi connectivity index (χ2n) is 4.16. The highest BCUT2D eigenvalue weighted by molar-refractivity contribution is 5.79. The fourth-order valence-corrected chi connectivity index (χ4v) is 1.79. The molecule has 1 fully saturated rings. The molecular formula is C11H22N2O2. The summed E-state index contributed by atoms with van der Waals surface area (Å²) in [7, 11) is 0. The van der Waals surface area contributed by atoms with Crippen LogP contribution in [0.4, 0.5) is 0 Å². The Balaban J connectivity index is 2.43. The third kappa shape index (κ3) is 3.47. The minimum atomic E-state index is 0.0606. The fraction of sp³-hybridized carbons (Fsp3) is 0.909. The van der Waals surface area contributed by atoms with Gasteiger partial charge in [-0.2, -0.15) is 0 Å². The molecule has 1 aliphatic heterocycles. The second kappa shape index (κ2) is 6.08. The minimum absolute atomic E-state index is 0.0606. The predicted molar refractivity (Wildman–Crippen MR) is 59.7 cm³/mol. The summed E-state index contributed by atoms with van der Waals surface area (Å²) >= 11 is 0. The van der Waals surface area contributed by atoms with Crippen molar-refractivity contribution in [3.05, 3.63) is 0 Å². The number of hydrogen-bond donors (Lipinski definition) is 1. The normalized spacial score (nSPS) is 23.9. The van der Waals surface area contributed by atoms with E-state index in [1.54, 1.807) is 0 Å². The van der Waals surface area contributed by atoms with Crippen LogP contribution >= 0.6 is 0 Å². The molecule has 1 amide bonds. The molecule has 15 heavy (non-hydrogen) atoms. The number of carbonyl (C=O) groups is 1. The van der Waals surface area contributed by atoms with Gasteiger partial charge < -0.3 is 15.0 Å². The van der Waals surface area contributed by atoms with Gasteiger partial charge in [-0.15, -0.1) is 0 Å². The molecule has 0 aromatic rings. The quantitative estimate of drug-likeness (QED) is 0.740. The van der Waals surface area contributed by atoms with E-state index in [2.05, 4.69) is 12.2 Å². The van der Waals surface area contributed by atoms with Crippen LogP contribution in [0.25, 0.3) is 0 Å². The van der Waals surface area contributed by atoms with Gasteiger partial charge in [0.25, 0.3) is 0 Å². The molecule has 1 unspecified atom stereocenters. The minimum Gasteiger partial charge on any atom is -0.377 e. The van der Waals surface area contributed by atoms with Gasteiger partial charge in [-0.1, -0.05) is 13.8 Å². The molecule has 0 radical (unpaired) electrons. The van der Waals surface area contributed by atoms with Crippen molar-refractivity contribution in [2.75, 3.05) is 32.8 Å². The SMILES string of the molecule is CCNCC(C)C(=O)N1CCOC[C@H]1C. The summed E-state index contributed by atoms with van der Waals surface area (Å²) < 4.78 is 5.31. The van der Waals surface area contributed by atoms with E-state index in [-0.39, 0.29) is 17.9 Å². The molecule has 0 aliphatic carbocycles. The van der Waals surface area contributed by atoms with E-state index in [4.69, 9.17) is 4.74 Å². The Morgan fingerprint density at radius 1 is 1.67 bits per heavy atom. The Morgan fingerprint density at radius 2 is 2.40 bits per heavy atom. The van der Waals surface area contributed by atoms with Gasteiger partial charge in [0.15, 0.2) is 0 Å². The standard InChI is InChI=1S/C11H22N2O2/c1-4-12-7-9(2)11(14)13-5-6-15-8-10(13)3/h9-10,12H,4-8H2,1-3H3/t9?,10-/m1/s1. The molecule has 1 N–H and O–H groups in total. The van der Waals surface area contributed by atoms with Gasteiger partial charge >= 0.3 is 0 Å². The molecule has 0 aromatic heterocycles. The first-order valence-corrected chi connectivity index (χ1v) is 5.75. The molecule has 1 heterocycles. The molecule has 4 nitrogen and oxygen atoms in total. The van der Waals surface area contributed by atoms with Gasteiger partial charge in [-0.05, 0) is 13.5 Å². The third-order valence-corrected chi connectivity index (χ3v) is 2.77. The fourth-order valence-electron chi connectivity index (χ4n) is 1.79. The van der Waals surface area contributed by atoms with Crippen molar-refractivity contribution in [2.24, 2.45) is 5.92 Å². The first kappa shape index (κ1) is 12.5. The highest BCUT2D eigenvalue weighted by Crippen LogP contribution is 2.10. The Bertz CT molecular complexity index is 209. The van der Waals surface area contributed by atoms with Crippen LogP contribution in [0.3, 0.4) is 0 Å². The van der Waals surface area contributed by atoms with Crippen molar-refractivity contribution in [1.29, 1.82) is 0 Å². The zero-order valence-electron chi connectivity index (χ0n) is 9.95. The van der Waals surface area contributed by atoms with Crippen LogP contribution in [0.15, 0.2) is 0 Å². The third-order valence-electron chi connectivity index (χ3n) is 2.77. The number of ether oxygens (including phenoxy) is 1. The first-order valence-electron chi connectivity index (χ1n) is 5.75. The van der Waals surface area contributed by atoms with Crippen LogP contribution in [0.5, 0.6) is 0 Å². The monoisotopic (exact) mass is 214 g/mol. The lowest BCUT2D eigenvalue weighted by Crippen LogP contribution is -2.50. The Morgan fingerprint density at radius 3 is 3.00 bits per heavy atom. The molecule has 1 saturated heterocycles. The van der Waals surface area contributed by atoms with E-state index in [1.807, 2.05) is 18.7 Å². The number of morpholine rings is 1. The number of carbonyl (C=O) groups excluding carboxylic acids is 1. The number of hydrogen-bond acceptors (Lipinski definition) is 3. The lowest BCUT2D eigenvalue weighted by molar-refractivity contribution is -0.142. The van der Waals surface area contributed by atoms with Crippen molar-refractivity contribution >= 4 is 5.91 Å².